The molecule has 0 fully saturated rings. The summed E-state index contributed by atoms with van der Waals surface area (Å²) in [4.78, 5) is 4.23. The number of aliphatic hydroxyl groups is 1. The van der Waals surface area contributed by atoms with Gasteiger partial charge in [-0.25, -0.2) is 0 Å². The van der Waals surface area contributed by atoms with Crippen LogP contribution < -0.4 is 0 Å². The van der Waals surface area contributed by atoms with Crippen LogP contribution in [0.5, 0.6) is 0 Å². The zero-order valence-corrected chi connectivity index (χ0v) is 10.1. The second-order valence-corrected chi connectivity index (χ2v) is 4.14. The molecule has 1 aromatic heterocycles. The predicted molar refractivity (Wildman–Crippen MR) is 70.2 cm³/mol. The van der Waals surface area contributed by atoms with Crippen molar-refractivity contribution in [2.45, 2.75) is 6.10 Å². The first-order chi connectivity index (χ1) is 9.34. The molecule has 3 aromatic rings. The maximum absolute atomic E-state index is 10.2. The van der Waals surface area contributed by atoms with Crippen LogP contribution in [0.25, 0.3) is 11.4 Å². The third-order valence-corrected chi connectivity index (χ3v) is 2.82. The van der Waals surface area contributed by atoms with Crippen LogP contribution in [0.1, 0.15) is 17.6 Å². The quantitative estimate of drug-likeness (QED) is 0.778. The van der Waals surface area contributed by atoms with Crippen LogP contribution in [0, 0.1) is 0 Å². The molecule has 4 nitrogen and oxygen atoms in total. The van der Waals surface area contributed by atoms with E-state index in [-0.39, 0.29) is 5.89 Å². The second kappa shape index (κ2) is 5.04. The minimum absolute atomic E-state index is 0.199. The molecule has 0 saturated heterocycles. The molecule has 0 spiro atoms. The van der Waals surface area contributed by atoms with Gasteiger partial charge >= 0.3 is 0 Å². The summed E-state index contributed by atoms with van der Waals surface area (Å²) in [5.41, 5.74) is 1.59. The zero-order chi connectivity index (χ0) is 13.1. The van der Waals surface area contributed by atoms with Crippen molar-refractivity contribution in [3.8, 4) is 11.4 Å². The van der Waals surface area contributed by atoms with Gasteiger partial charge in [-0.15, -0.1) is 0 Å². The van der Waals surface area contributed by atoms with Gasteiger partial charge in [0, 0.05) is 5.56 Å². The van der Waals surface area contributed by atoms with Crippen LogP contribution in [0.15, 0.2) is 65.2 Å². The van der Waals surface area contributed by atoms with Gasteiger partial charge in [0.1, 0.15) is 0 Å². The number of hydrogen-bond acceptors (Lipinski definition) is 4. The Labute approximate surface area is 110 Å². The highest BCUT2D eigenvalue weighted by Gasteiger charge is 2.18. The Kier molecular flexibility index (Phi) is 3.08. The zero-order valence-electron chi connectivity index (χ0n) is 10.1. The third-order valence-electron chi connectivity index (χ3n) is 2.82. The number of hydrogen-bond donors (Lipinski definition) is 1. The topological polar surface area (TPSA) is 59.2 Å². The van der Waals surface area contributed by atoms with Gasteiger partial charge in [-0.05, 0) is 5.56 Å². The molecule has 0 bridgehead atoms. The van der Waals surface area contributed by atoms with Crippen molar-refractivity contribution in [3.05, 3.63) is 72.1 Å². The first-order valence-corrected chi connectivity index (χ1v) is 5.96. The smallest absolute Gasteiger partial charge is 0.260 e. The first-order valence-electron chi connectivity index (χ1n) is 5.96. The number of rotatable bonds is 3. The molecule has 1 N–H and O–H groups in total. The molecule has 94 valence electrons. The molecule has 0 amide bonds. The molecule has 0 saturated carbocycles. The maximum atomic E-state index is 10.2. The minimum atomic E-state index is -0.897. The van der Waals surface area contributed by atoms with Crippen LogP contribution in [-0.2, 0) is 0 Å². The molecular weight excluding hydrogens is 240 g/mol. The molecule has 2 aromatic carbocycles. The van der Waals surface area contributed by atoms with E-state index in [0.29, 0.717) is 5.82 Å². The Hall–Kier alpha value is -2.46. The van der Waals surface area contributed by atoms with Gasteiger partial charge in [-0.3, -0.25) is 0 Å². The van der Waals surface area contributed by atoms with Crippen molar-refractivity contribution < 1.29 is 9.63 Å². The SMILES string of the molecule is O[C@@H](c1ccccc1)c1nc(-c2ccccc2)no1. The van der Waals surface area contributed by atoms with E-state index >= 15 is 0 Å². The monoisotopic (exact) mass is 252 g/mol. The molecule has 0 aliphatic rings. The Morgan fingerprint density at radius 2 is 1.53 bits per heavy atom. The summed E-state index contributed by atoms with van der Waals surface area (Å²) in [6, 6.07) is 18.7. The van der Waals surface area contributed by atoms with E-state index in [1.165, 1.54) is 0 Å². The Balaban J connectivity index is 1.90. The van der Waals surface area contributed by atoms with Crippen LogP contribution in [0.3, 0.4) is 0 Å². The summed E-state index contributed by atoms with van der Waals surface area (Å²) in [5, 5.41) is 14.0. The summed E-state index contributed by atoms with van der Waals surface area (Å²) in [6.45, 7) is 0. The molecule has 0 aliphatic carbocycles. The van der Waals surface area contributed by atoms with Gasteiger partial charge in [-0.1, -0.05) is 65.8 Å². The van der Waals surface area contributed by atoms with Crippen molar-refractivity contribution in [1.82, 2.24) is 10.1 Å². The summed E-state index contributed by atoms with van der Waals surface area (Å²) >= 11 is 0. The normalized spacial score (nSPS) is 12.3. The third kappa shape index (κ3) is 2.39. The predicted octanol–water partition coefficient (Wildman–Crippen LogP) is 2.82. The van der Waals surface area contributed by atoms with Crippen LogP contribution in [0.4, 0.5) is 0 Å². The molecule has 1 atom stereocenters. The van der Waals surface area contributed by atoms with Crippen LogP contribution >= 0.6 is 0 Å². The van der Waals surface area contributed by atoms with E-state index in [9.17, 15) is 5.11 Å². The van der Waals surface area contributed by atoms with Crippen molar-refractivity contribution in [1.29, 1.82) is 0 Å². The fourth-order valence-corrected chi connectivity index (χ4v) is 1.83. The second-order valence-electron chi connectivity index (χ2n) is 4.14. The van der Waals surface area contributed by atoms with Gasteiger partial charge < -0.3 is 9.63 Å². The molecule has 0 unspecified atom stereocenters. The van der Waals surface area contributed by atoms with E-state index in [2.05, 4.69) is 10.1 Å². The summed E-state index contributed by atoms with van der Waals surface area (Å²) in [7, 11) is 0. The summed E-state index contributed by atoms with van der Waals surface area (Å²) < 4.78 is 5.12. The summed E-state index contributed by atoms with van der Waals surface area (Å²) in [5.74, 6) is 0.677. The van der Waals surface area contributed by atoms with Gasteiger partial charge in [0.05, 0.1) is 0 Å². The molecular formula is C15H12N2O2. The molecule has 19 heavy (non-hydrogen) atoms. The minimum Gasteiger partial charge on any atom is -0.378 e. The lowest BCUT2D eigenvalue weighted by molar-refractivity contribution is 0.170. The lowest BCUT2D eigenvalue weighted by Crippen LogP contribution is -1.99. The van der Waals surface area contributed by atoms with Crippen molar-refractivity contribution in [2.24, 2.45) is 0 Å². The molecule has 0 radical (unpaired) electrons. The fourth-order valence-electron chi connectivity index (χ4n) is 1.83. The highest BCUT2D eigenvalue weighted by atomic mass is 16.5. The van der Waals surface area contributed by atoms with Crippen LogP contribution in [-0.4, -0.2) is 15.2 Å². The lowest BCUT2D eigenvalue weighted by atomic mass is 10.1. The number of aromatic nitrogens is 2. The lowest BCUT2D eigenvalue weighted by Gasteiger charge is -2.04. The standard InChI is InChI=1S/C15H12N2O2/c18-13(11-7-3-1-4-8-11)15-16-14(17-19-15)12-9-5-2-6-10-12/h1-10,13,18H/t13-/m0/s1. The van der Waals surface area contributed by atoms with Gasteiger partial charge in [0.25, 0.3) is 5.89 Å². The van der Waals surface area contributed by atoms with E-state index in [0.717, 1.165) is 11.1 Å². The Bertz CT molecular complexity index is 650. The number of benzene rings is 2. The van der Waals surface area contributed by atoms with Crippen LogP contribution in [0.2, 0.25) is 0 Å². The van der Waals surface area contributed by atoms with Gasteiger partial charge in [0.2, 0.25) is 5.82 Å². The molecule has 3 rings (SSSR count). The Morgan fingerprint density at radius 1 is 0.895 bits per heavy atom. The average Bonchev–Trinajstić information content (AvgIpc) is 2.98. The van der Waals surface area contributed by atoms with E-state index in [1.807, 2.05) is 60.7 Å². The Morgan fingerprint density at radius 3 is 2.21 bits per heavy atom. The van der Waals surface area contributed by atoms with E-state index in [1.54, 1.807) is 0 Å². The van der Waals surface area contributed by atoms with Crippen molar-refractivity contribution in [3.63, 3.8) is 0 Å². The number of aliphatic hydroxyl groups excluding tert-OH is 1. The fraction of sp³-hybridized carbons (Fsp3) is 0.0667. The molecule has 1 heterocycles. The largest absolute Gasteiger partial charge is 0.378 e. The van der Waals surface area contributed by atoms with E-state index < -0.39 is 6.10 Å². The average molecular weight is 252 g/mol. The summed E-state index contributed by atoms with van der Waals surface area (Å²) in [6.07, 6.45) is -0.897. The van der Waals surface area contributed by atoms with Gasteiger partial charge in [-0.2, -0.15) is 4.98 Å². The van der Waals surface area contributed by atoms with Gasteiger partial charge in [0.15, 0.2) is 6.10 Å². The molecule has 4 heteroatoms. The highest BCUT2D eigenvalue weighted by Crippen LogP contribution is 2.22. The first kappa shape index (κ1) is 11.6. The maximum Gasteiger partial charge on any atom is 0.260 e. The van der Waals surface area contributed by atoms with E-state index in [4.69, 9.17) is 4.52 Å². The number of nitrogens with zero attached hydrogens (tertiary/aromatic N) is 2. The molecule has 0 aliphatic heterocycles. The van der Waals surface area contributed by atoms with Crippen molar-refractivity contribution >= 4 is 0 Å². The highest BCUT2D eigenvalue weighted by molar-refractivity contribution is 5.53. The van der Waals surface area contributed by atoms with Crippen molar-refractivity contribution in [2.75, 3.05) is 0 Å².